The maximum absolute atomic E-state index is 12.7. The highest BCUT2D eigenvalue weighted by molar-refractivity contribution is 6.24. The van der Waals surface area contributed by atoms with Crippen LogP contribution in [0.1, 0.15) is 66.2 Å². The van der Waals surface area contributed by atoms with E-state index in [2.05, 4.69) is 11.9 Å². The van der Waals surface area contributed by atoms with Crippen LogP contribution in [-0.4, -0.2) is 28.2 Å². The van der Waals surface area contributed by atoms with E-state index in [1.165, 1.54) is 0 Å². The fourth-order valence-electron chi connectivity index (χ4n) is 3.34. The zero-order valence-corrected chi connectivity index (χ0v) is 12.5. The molecule has 5 heteroatoms. The van der Waals surface area contributed by atoms with Crippen LogP contribution in [0.15, 0.2) is 0 Å². The molecule has 1 amide bonds. The number of amides is 1. The molecule has 3 rings (SSSR count). The zero-order chi connectivity index (χ0) is 15.0. The number of aryl methyl sites for hydroxylation is 1. The summed E-state index contributed by atoms with van der Waals surface area (Å²) in [5, 5.41) is 8.30. The SMILES string of the molecule is CCCCCN1C(=N)c2c(N)nc3c(c2C1=O)CCCC3. The fraction of sp³-hybridized carbons (Fsp3) is 0.562. The van der Waals surface area contributed by atoms with Gasteiger partial charge < -0.3 is 5.73 Å². The molecule has 0 unspecified atom stereocenters. The second kappa shape index (κ2) is 5.47. The molecular formula is C16H22N4O. The van der Waals surface area contributed by atoms with E-state index >= 15 is 0 Å². The molecule has 5 nitrogen and oxygen atoms in total. The Morgan fingerprint density at radius 1 is 1.24 bits per heavy atom. The number of hydrogen-bond donors (Lipinski definition) is 2. The summed E-state index contributed by atoms with van der Waals surface area (Å²) in [5.41, 5.74) is 9.27. The minimum absolute atomic E-state index is 0.0432. The predicted octanol–water partition coefficient (Wildman–Crippen LogP) is 2.51. The molecule has 0 bridgehead atoms. The first kappa shape index (κ1) is 14.0. The first-order valence-corrected chi connectivity index (χ1v) is 7.87. The lowest BCUT2D eigenvalue weighted by Crippen LogP contribution is -2.31. The van der Waals surface area contributed by atoms with E-state index in [1.54, 1.807) is 4.90 Å². The lowest BCUT2D eigenvalue weighted by Gasteiger charge is -2.18. The molecule has 21 heavy (non-hydrogen) atoms. The number of rotatable bonds is 4. The molecule has 0 fully saturated rings. The summed E-state index contributed by atoms with van der Waals surface area (Å²) in [4.78, 5) is 18.8. The number of anilines is 1. The van der Waals surface area contributed by atoms with Crippen LogP contribution in [-0.2, 0) is 12.8 Å². The van der Waals surface area contributed by atoms with Crippen molar-refractivity contribution in [3.63, 3.8) is 0 Å². The number of carbonyl (C=O) groups excluding carboxylic acids is 1. The van der Waals surface area contributed by atoms with Crippen LogP contribution >= 0.6 is 0 Å². The van der Waals surface area contributed by atoms with Gasteiger partial charge in [-0.15, -0.1) is 0 Å². The second-order valence-corrected chi connectivity index (χ2v) is 5.89. The molecule has 112 valence electrons. The number of amidine groups is 1. The Hall–Kier alpha value is -1.91. The van der Waals surface area contributed by atoms with Crippen molar-refractivity contribution in [2.45, 2.75) is 51.9 Å². The van der Waals surface area contributed by atoms with Gasteiger partial charge in [0.25, 0.3) is 5.91 Å². The van der Waals surface area contributed by atoms with Gasteiger partial charge in [-0.25, -0.2) is 4.98 Å². The van der Waals surface area contributed by atoms with Gasteiger partial charge in [0.2, 0.25) is 0 Å². The topological polar surface area (TPSA) is 83.1 Å². The first-order chi connectivity index (χ1) is 10.1. The van der Waals surface area contributed by atoms with Crippen LogP contribution in [0.3, 0.4) is 0 Å². The molecule has 0 spiro atoms. The molecule has 0 saturated carbocycles. The van der Waals surface area contributed by atoms with Gasteiger partial charge in [0.15, 0.2) is 0 Å². The number of aromatic nitrogens is 1. The second-order valence-electron chi connectivity index (χ2n) is 5.89. The number of nitrogens with two attached hydrogens (primary N) is 1. The highest BCUT2D eigenvalue weighted by Gasteiger charge is 2.38. The van der Waals surface area contributed by atoms with Crippen molar-refractivity contribution in [1.29, 1.82) is 5.41 Å². The van der Waals surface area contributed by atoms with Gasteiger partial charge in [0.1, 0.15) is 11.7 Å². The number of fused-ring (bicyclic) bond motifs is 3. The fourth-order valence-corrected chi connectivity index (χ4v) is 3.34. The minimum atomic E-state index is -0.0432. The number of hydrogen-bond acceptors (Lipinski definition) is 4. The summed E-state index contributed by atoms with van der Waals surface area (Å²) in [5.74, 6) is 0.546. The van der Waals surface area contributed by atoms with Gasteiger partial charge >= 0.3 is 0 Å². The standard InChI is InChI=1S/C16H22N4O/c1-2-3-6-9-20-15(18)13-12(16(20)21)10-7-4-5-8-11(10)19-14(13)17/h18H,2-9H2,1H3,(H2,17,19). The van der Waals surface area contributed by atoms with Gasteiger partial charge in [-0.2, -0.15) is 0 Å². The Bertz CT molecular complexity index is 609. The maximum atomic E-state index is 12.7. The van der Waals surface area contributed by atoms with Crippen LogP contribution in [0.25, 0.3) is 0 Å². The van der Waals surface area contributed by atoms with E-state index < -0.39 is 0 Å². The zero-order valence-electron chi connectivity index (χ0n) is 12.5. The van der Waals surface area contributed by atoms with E-state index in [0.29, 0.717) is 23.5 Å². The molecule has 0 aromatic carbocycles. The lowest BCUT2D eigenvalue weighted by atomic mass is 9.90. The van der Waals surface area contributed by atoms with Gasteiger partial charge in [-0.05, 0) is 37.7 Å². The minimum Gasteiger partial charge on any atom is -0.383 e. The largest absolute Gasteiger partial charge is 0.383 e. The number of nitrogens with one attached hydrogen (secondary N) is 1. The predicted molar refractivity (Wildman–Crippen MR) is 82.7 cm³/mol. The average molecular weight is 286 g/mol. The molecule has 2 heterocycles. The number of carbonyl (C=O) groups is 1. The van der Waals surface area contributed by atoms with Gasteiger partial charge in [0.05, 0.1) is 11.1 Å². The Labute approximate surface area is 125 Å². The smallest absolute Gasteiger partial charge is 0.260 e. The third-order valence-electron chi connectivity index (χ3n) is 4.45. The van der Waals surface area contributed by atoms with Crippen LogP contribution in [0.4, 0.5) is 5.82 Å². The number of pyridine rings is 1. The molecular weight excluding hydrogens is 264 g/mol. The van der Waals surface area contributed by atoms with Crippen molar-refractivity contribution < 1.29 is 4.79 Å². The molecule has 0 atom stereocenters. The first-order valence-electron chi connectivity index (χ1n) is 7.87. The number of nitrogens with zero attached hydrogens (tertiary/aromatic N) is 2. The normalized spacial score (nSPS) is 17.1. The summed E-state index contributed by atoms with van der Waals surface area (Å²) in [6.07, 6.45) is 7.05. The van der Waals surface area contributed by atoms with Crippen LogP contribution in [0, 0.1) is 5.41 Å². The third-order valence-corrected chi connectivity index (χ3v) is 4.45. The van der Waals surface area contributed by atoms with Crippen molar-refractivity contribution >= 4 is 17.6 Å². The van der Waals surface area contributed by atoms with Gasteiger partial charge in [0, 0.05) is 12.2 Å². The Morgan fingerprint density at radius 2 is 2.00 bits per heavy atom. The van der Waals surface area contributed by atoms with Crippen molar-refractivity contribution in [1.82, 2.24) is 9.88 Å². The van der Waals surface area contributed by atoms with Crippen molar-refractivity contribution in [2.75, 3.05) is 12.3 Å². The highest BCUT2D eigenvalue weighted by Crippen LogP contribution is 2.34. The lowest BCUT2D eigenvalue weighted by molar-refractivity contribution is 0.0856. The van der Waals surface area contributed by atoms with Gasteiger partial charge in [-0.1, -0.05) is 19.8 Å². The summed E-state index contributed by atoms with van der Waals surface area (Å²) < 4.78 is 0. The molecule has 1 aromatic heterocycles. The monoisotopic (exact) mass is 286 g/mol. The summed E-state index contributed by atoms with van der Waals surface area (Å²) in [6, 6.07) is 0. The third kappa shape index (κ3) is 2.20. The van der Waals surface area contributed by atoms with Crippen molar-refractivity contribution in [3.05, 3.63) is 22.4 Å². The van der Waals surface area contributed by atoms with Crippen LogP contribution in [0.2, 0.25) is 0 Å². The molecule has 1 aromatic rings. The molecule has 0 radical (unpaired) electrons. The molecule has 0 saturated heterocycles. The quantitative estimate of drug-likeness (QED) is 0.834. The van der Waals surface area contributed by atoms with Crippen LogP contribution < -0.4 is 5.73 Å². The van der Waals surface area contributed by atoms with E-state index in [-0.39, 0.29) is 11.7 Å². The van der Waals surface area contributed by atoms with E-state index in [9.17, 15) is 4.79 Å². The molecule has 3 N–H and O–H groups in total. The van der Waals surface area contributed by atoms with Crippen molar-refractivity contribution in [2.24, 2.45) is 0 Å². The number of nitrogen functional groups attached to an aromatic ring is 1. The average Bonchev–Trinajstić information content (AvgIpc) is 2.73. The molecule has 1 aliphatic carbocycles. The number of unbranched alkanes of at least 4 members (excludes halogenated alkanes) is 2. The Balaban J connectivity index is 2.00. The summed E-state index contributed by atoms with van der Waals surface area (Å²) >= 11 is 0. The van der Waals surface area contributed by atoms with Crippen molar-refractivity contribution in [3.8, 4) is 0 Å². The van der Waals surface area contributed by atoms with Gasteiger partial charge in [-0.3, -0.25) is 15.1 Å². The van der Waals surface area contributed by atoms with Crippen LogP contribution in [0.5, 0.6) is 0 Å². The summed E-state index contributed by atoms with van der Waals surface area (Å²) in [7, 11) is 0. The Morgan fingerprint density at radius 3 is 2.76 bits per heavy atom. The van der Waals surface area contributed by atoms with E-state index in [4.69, 9.17) is 11.1 Å². The maximum Gasteiger partial charge on any atom is 0.260 e. The van der Waals surface area contributed by atoms with E-state index in [1.807, 2.05) is 0 Å². The molecule has 1 aliphatic heterocycles. The summed E-state index contributed by atoms with van der Waals surface area (Å²) in [6.45, 7) is 2.73. The highest BCUT2D eigenvalue weighted by atomic mass is 16.2. The Kier molecular flexibility index (Phi) is 3.66. The molecule has 2 aliphatic rings. The van der Waals surface area contributed by atoms with E-state index in [0.717, 1.165) is 56.2 Å².